The first-order valence-electron chi connectivity index (χ1n) is 8.47. The van der Waals surface area contributed by atoms with E-state index in [2.05, 4.69) is 15.4 Å². The van der Waals surface area contributed by atoms with E-state index in [-0.39, 0.29) is 12.5 Å². The molecule has 1 atom stereocenters. The van der Waals surface area contributed by atoms with Crippen molar-refractivity contribution in [3.63, 3.8) is 0 Å². The van der Waals surface area contributed by atoms with Crippen LogP contribution in [0.25, 0.3) is 5.65 Å². The molecule has 0 radical (unpaired) electrons. The van der Waals surface area contributed by atoms with Gasteiger partial charge in [-0.3, -0.25) is 4.79 Å². The first-order chi connectivity index (χ1) is 12.1. The summed E-state index contributed by atoms with van der Waals surface area (Å²) < 4.78 is 1.59. The van der Waals surface area contributed by atoms with Crippen LogP contribution in [0.5, 0.6) is 0 Å². The topological polar surface area (TPSA) is 79.5 Å². The van der Waals surface area contributed by atoms with Gasteiger partial charge in [0.05, 0.1) is 12.2 Å². The van der Waals surface area contributed by atoms with E-state index in [9.17, 15) is 9.90 Å². The van der Waals surface area contributed by atoms with Crippen LogP contribution in [0.2, 0.25) is 0 Å². The molecule has 4 rings (SSSR count). The molecule has 2 heterocycles. The molecule has 25 heavy (non-hydrogen) atoms. The Hall–Kier alpha value is -2.73. The average Bonchev–Trinajstić information content (AvgIpc) is 2.96. The molecule has 2 N–H and O–H groups in total. The largest absolute Gasteiger partial charge is 0.383 e. The van der Waals surface area contributed by atoms with Crippen LogP contribution in [0.3, 0.4) is 0 Å². The number of carbonyl (C=O) groups is 1. The third kappa shape index (κ3) is 2.68. The number of hydrogen-bond acceptors (Lipinski definition) is 4. The number of aromatic nitrogens is 3. The van der Waals surface area contributed by atoms with Crippen molar-refractivity contribution < 1.29 is 9.90 Å². The molecule has 0 spiro atoms. The highest BCUT2D eigenvalue weighted by atomic mass is 16.3. The van der Waals surface area contributed by atoms with Crippen LogP contribution in [0.1, 0.15) is 40.0 Å². The minimum Gasteiger partial charge on any atom is -0.383 e. The Balaban J connectivity index is 1.59. The molecule has 0 fully saturated rings. The second kappa shape index (κ2) is 5.97. The van der Waals surface area contributed by atoms with Gasteiger partial charge in [-0.15, -0.1) is 0 Å². The first kappa shape index (κ1) is 15.8. The molecular weight excluding hydrogens is 316 g/mol. The Morgan fingerprint density at radius 2 is 2.20 bits per heavy atom. The molecule has 6 heteroatoms. The fourth-order valence-corrected chi connectivity index (χ4v) is 3.66. The fraction of sp³-hybridized carbons (Fsp3) is 0.316. The van der Waals surface area contributed by atoms with E-state index >= 15 is 0 Å². The molecule has 0 saturated heterocycles. The van der Waals surface area contributed by atoms with Crippen molar-refractivity contribution in [3.8, 4) is 0 Å². The van der Waals surface area contributed by atoms with E-state index in [4.69, 9.17) is 0 Å². The van der Waals surface area contributed by atoms with Gasteiger partial charge in [0.25, 0.3) is 5.91 Å². The van der Waals surface area contributed by atoms with Crippen LogP contribution in [0.4, 0.5) is 0 Å². The van der Waals surface area contributed by atoms with E-state index in [0.29, 0.717) is 23.3 Å². The van der Waals surface area contributed by atoms with Crippen molar-refractivity contribution in [1.29, 1.82) is 0 Å². The highest BCUT2D eigenvalue weighted by Crippen LogP contribution is 2.34. The summed E-state index contributed by atoms with van der Waals surface area (Å²) in [4.78, 5) is 17.0. The van der Waals surface area contributed by atoms with Crippen molar-refractivity contribution in [2.45, 2.75) is 31.8 Å². The van der Waals surface area contributed by atoms with Crippen molar-refractivity contribution in [2.24, 2.45) is 0 Å². The molecule has 0 unspecified atom stereocenters. The quantitative estimate of drug-likeness (QED) is 0.767. The van der Waals surface area contributed by atoms with Crippen LogP contribution in [0, 0.1) is 6.92 Å². The Morgan fingerprint density at radius 3 is 3.08 bits per heavy atom. The SMILES string of the molecule is Cc1nn2cccnc2c1C(=O)NC[C@]1(O)CCCc2ccccc21. The van der Waals surface area contributed by atoms with E-state index in [1.807, 2.05) is 24.3 Å². The van der Waals surface area contributed by atoms with Crippen molar-refractivity contribution in [1.82, 2.24) is 19.9 Å². The molecular formula is C19H20N4O2. The lowest BCUT2D eigenvalue weighted by molar-refractivity contribution is 0.0189. The number of nitrogens with zero attached hydrogens (tertiary/aromatic N) is 3. The number of nitrogens with one attached hydrogen (secondary N) is 1. The normalized spacial score (nSPS) is 19.6. The summed E-state index contributed by atoms with van der Waals surface area (Å²) in [5.74, 6) is -0.261. The van der Waals surface area contributed by atoms with Gasteiger partial charge >= 0.3 is 0 Å². The number of fused-ring (bicyclic) bond motifs is 2. The third-order valence-electron chi connectivity index (χ3n) is 4.89. The summed E-state index contributed by atoms with van der Waals surface area (Å²) in [6, 6.07) is 9.67. The van der Waals surface area contributed by atoms with Gasteiger partial charge in [0.1, 0.15) is 11.2 Å². The maximum atomic E-state index is 12.7. The second-order valence-electron chi connectivity index (χ2n) is 6.57. The maximum absolute atomic E-state index is 12.7. The Kier molecular flexibility index (Phi) is 3.77. The second-order valence-corrected chi connectivity index (χ2v) is 6.57. The van der Waals surface area contributed by atoms with Gasteiger partial charge < -0.3 is 10.4 Å². The minimum atomic E-state index is -1.03. The van der Waals surface area contributed by atoms with Gasteiger partial charge in [0, 0.05) is 12.4 Å². The summed E-state index contributed by atoms with van der Waals surface area (Å²) in [7, 11) is 0. The van der Waals surface area contributed by atoms with Gasteiger partial charge in [-0.05, 0) is 43.4 Å². The number of benzene rings is 1. The van der Waals surface area contributed by atoms with Crippen LogP contribution in [-0.2, 0) is 12.0 Å². The summed E-state index contributed by atoms with van der Waals surface area (Å²) in [5, 5.41) is 18.3. The first-order valence-corrected chi connectivity index (χ1v) is 8.47. The number of carbonyl (C=O) groups excluding carboxylic acids is 1. The van der Waals surface area contributed by atoms with Crippen LogP contribution in [-0.4, -0.2) is 32.2 Å². The zero-order chi connectivity index (χ0) is 17.4. The lowest BCUT2D eigenvalue weighted by atomic mass is 9.79. The lowest BCUT2D eigenvalue weighted by Crippen LogP contribution is -2.43. The molecule has 0 aliphatic heterocycles. The number of amides is 1. The average molecular weight is 336 g/mol. The summed E-state index contributed by atoms with van der Waals surface area (Å²) in [6.45, 7) is 1.96. The molecule has 1 aromatic carbocycles. The molecule has 6 nitrogen and oxygen atoms in total. The third-order valence-corrected chi connectivity index (χ3v) is 4.89. The lowest BCUT2D eigenvalue weighted by Gasteiger charge is -2.34. The van der Waals surface area contributed by atoms with E-state index in [1.165, 1.54) is 0 Å². The molecule has 128 valence electrons. The molecule has 1 aliphatic rings. The standard InChI is InChI=1S/C19H20N4O2/c1-13-16(17-20-10-5-11-23(17)22-13)18(24)21-12-19(25)9-4-7-14-6-2-3-8-15(14)19/h2-3,5-6,8,10-11,25H,4,7,9,12H2,1H3,(H,21,24)/t19-/m1/s1. The molecule has 2 aromatic heterocycles. The van der Waals surface area contributed by atoms with Gasteiger partial charge in [0.15, 0.2) is 5.65 Å². The number of hydrogen-bond donors (Lipinski definition) is 2. The van der Waals surface area contributed by atoms with Crippen molar-refractivity contribution in [2.75, 3.05) is 6.54 Å². The Morgan fingerprint density at radius 1 is 1.36 bits per heavy atom. The predicted molar refractivity (Wildman–Crippen MR) is 93.3 cm³/mol. The smallest absolute Gasteiger partial charge is 0.257 e. The fourth-order valence-electron chi connectivity index (χ4n) is 3.66. The summed E-state index contributed by atoms with van der Waals surface area (Å²) in [5.41, 5.74) is 2.62. The van der Waals surface area contributed by atoms with E-state index < -0.39 is 5.60 Å². The zero-order valence-corrected chi connectivity index (χ0v) is 14.1. The minimum absolute atomic E-state index is 0.173. The Bertz CT molecular complexity index is 950. The summed E-state index contributed by atoms with van der Waals surface area (Å²) >= 11 is 0. The number of aryl methyl sites for hydroxylation is 2. The van der Waals surface area contributed by atoms with Gasteiger partial charge in [-0.25, -0.2) is 9.50 Å². The predicted octanol–water partition coefficient (Wildman–Crippen LogP) is 1.99. The van der Waals surface area contributed by atoms with E-state index in [0.717, 1.165) is 24.0 Å². The van der Waals surface area contributed by atoms with Gasteiger partial charge in [-0.2, -0.15) is 5.10 Å². The number of rotatable bonds is 3. The van der Waals surface area contributed by atoms with Crippen LogP contribution >= 0.6 is 0 Å². The monoisotopic (exact) mass is 336 g/mol. The van der Waals surface area contributed by atoms with Gasteiger partial charge in [-0.1, -0.05) is 24.3 Å². The maximum Gasteiger partial charge on any atom is 0.257 e. The zero-order valence-electron chi connectivity index (χ0n) is 14.1. The molecule has 0 saturated carbocycles. The van der Waals surface area contributed by atoms with Crippen LogP contribution < -0.4 is 5.32 Å². The number of aliphatic hydroxyl groups is 1. The molecule has 0 bridgehead atoms. The Labute approximate surface area is 145 Å². The molecule has 1 aliphatic carbocycles. The van der Waals surface area contributed by atoms with Crippen molar-refractivity contribution in [3.05, 3.63) is 65.1 Å². The van der Waals surface area contributed by atoms with E-state index in [1.54, 1.807) is 29.9 Å². The van der Waals surface area contributed by atoms with Gasteiger partial charge in [0.2, 0.25) is 0 Å². The highest BCUT2D eigenvalue weighted by Gasteiger charge is 2.34. The summed E-state index contributed by atoms with van der Waals surface area (Å²) in [6.07, 6.45) is 5.90. The van der Waals surface area contributed by atoms with Crippen LogP contribution in [0.15, 0.2) is 42.7 Å². The highest BCUT2D eigenvalue weighted by molar-refractivity contribution is 6.01. The van der Waals surface area contributed by atoms with Crippen molar-refractivity contribution >= 4 is 11.6 Å². The molecule has 3 aromatic rings. The molecule has 1 amide bonds.